The molecule has 2 aliphatic rings. The van der Waals surface area contributed by atoms with Gasteiger partial charge in [0.25, 0.3) is 5.91 Å². The molecule has 11 nitrogen and oxygen atoms in total. The summed E-state index contributed by atoms with van der Waals surface area (Å²) in [7, 11) is 0. The number of urea groups is 1. The van der Waals surface area contributed by atoms with Crippen molar-refractivity contribution in [2.75, 3.05) is 23.3 Å². The number of alkyl halides is 3. The summed E-state index contributed by atoms with van der Waals surface area (Å²) >= 11 is 0. The number of aryl methyl sites for hydroxylation is 1. The first kappa shape index (κ1) is 36.2. The van der Waals surface area contributed by atoms with E-state index in [0.29, 0.717) is 31.0 Å². The molecule has 0 spiro atoms. The van der Waals surface area contributed by atoms with Gasteiger partial charge in [-0.25, -0.2) is 28.3 Å². The number of rotatable bonds is 9. The standard InChI is InChI=1S/C36H34F5N7O4/c1-19(2)43-32(49)23-13-12-20(3)27(30(23)52-33(50)36(39,40)41)28-24-16-42-35(51)48(29-25(37)10-7-11-26(29)38)31(24)46-34(45-28)44-22-14-15-47(18-22)17-21-8-5-4-6-9-21/h4-13,19,22H,14-18H2,1-3H3,(H,42,51)(H,43,49)(H,44,45,46)/t22-/m0/s1. The molecular formula is C36H34F5N7O4. The zero-order valence-electron chi connectivity index (χ0n) is 28.3. The van der Waals surface area contributed by atoms with Gasteiger partial charge in [0.15, 0.2) is 11.6 Å². The molecule has 1 atom stereocenters. The lowest BCUT2D eigenvalue weighted by Gasteiger charge is -2.31. The number of halogens is 5. The quantitative estimate of drug-likeness (QED) is 0.103. The number of esters is 1. The first-order valence-corrected chi connectivity index (χ1v) is 16.4. The Hall–Kier alpha value is -5.64. The molecule has 2 aliphatic heterocycles. The van der Waals surface area contributed by atoms with Gasteiger partial charge in [-0.3, -0.25) is 9.69 Å². The number of aromatic nitrogens is 2. The molecule has 6 rings (SSSR count). The lowest BCUT2D eigenvalue weighted by Crippen LogP contribution is -2.43. The zero-order chi connectivity index (χ0) is 37.3. The molecule has 272 valence electrons. The van der Waals surface area contributed by atoms with E-state index in [1.54, 1.807) is 13.8 Å². The van der Waals surface area contributed by atoms with Crippen LogP contribution in [0.3, 0.4) is 0 Å². The molecule has 4 aromatic rings. The Morgan fingerprint density at radius 2 is 1.73 bits per heavy atom. The maximum absolute atomic E-state index is 15.3. The van der Waals surface area contributed by atoms with E-state index in [4.69, 9.17) is 4.74 Å². The number of ether oxygens (including phenoxy) is 1. The molecule has 0 aliphatic carbocycles. The molecule has 1 fully saturated rings. The number of fused-ring (bicyclic) bond motifs is 1. The van der Waals surface area contributed by atoms with Crippen LogP contribution >= 0.6 is 0 Å². The van der Waals surface area contributed by atoms with Crippen LogP contribution in [0, 0.1) is 18.6 Å². The minimum atomic E-state index is -5.44. The number of carbonyl (C=O) groups is 3. The molecule has 3 aromatic carbocycles. The average Bonchev–Trinajstić information content (AvgIpc) is 3.51. The highest BCUT2D eigenvalue weighted by molar-refractivity contribution is 6.04. The Kier molecular flexibility index (Phi) is 10.1. The normalized spacial score (nSPS) is 16.1. The van der Waals surface area contributed by atoms with Gasteiger partial charge in [0.05, 0.1) is 17.8 Å². The molecule has 3 heterocycles. The summed E-state index contributed by atoms with van der Waals surface area (Å²) in [5.74, 6) is -6.75. The van der Waals surface area contributed by atoms with Crippen molar-refractivity contribution in [3.63, 3.8) is 0 Å². The van der Waals surface area contributed by atoms with Crippen LogP contribution in [-0.2, 0) is 17.9 Å². The third kappa shape index (κ3) is 7.51. The Bertz CT molecular complexity index is 2010. The molecule has 0 radical (unpaired) electrons. The predicted molar refractivity (Wildman–Crippen MR) is 181 cm³/mol. The van der Waals surface area contributed by atoms with Gasteiger partial charge in [-0.1, -0.05) is 42.5 Å². The molecule has 1 saturated heterocycles. The van der Waals surface area contributed by atoms with E-state index >= 15 is 8.78 Å². The summed E-state index contributed by atoms with van der Waals surface area (Å²) < 4.78 is 76.5. The van der Waals surface area contributed by atoms with Crippen LogP contribution in [0.15, 0.2) is 60.7 Å². The monoisotopic (exact) mass is 723 g/mol. The fourth-order valence-corrected chi connectivity index (χ4v) is 6.21. The first-order chi connectivity index (χ1) is 24.7. The Morgan fingerprint density at radius 3 is 2.40 bits per heavy atom. The van der Waals surface area contributed by atoms with E-state index < -0.39 is 58.8 Å². The third-order valence-electron chi connectivity index (χ3n) is 8.53. The molecule has 0 unspecified atom stereocenters. The number of benzene rings is 3. The van der Waals surface area contributed by atoms with Crippen molar-refractivity contribution in [3.05, 3.63) is 94.6 Å². The Balaban J connectivity index is 1.53. The van der Waals surface area contributed by atoms with Gasteiger partial charge in [-0.05, 0) is 56.5 Å². The molecule has 3 amide bonds. The Morgan fingerprint density at radius 1 is 1.02 bits per heavy atom. The van der Waals surface area contributed by atoms with Crippen LogP contribution in [0.4, 0.5) is 44.2 Å². The Labute approximate surface area is 295 Å². The number of carbonyl (C=O) groups excluding carboxylic acids is 3. The van der Waals surface area contributed by atoms with E-state index in [1.807, 2.05) is 30.3 Å². The fourth-order valence-electron chi connectivity index (χ4n) is 6.21. The first-order valence-electron chi connectivity index (χ1n) is 16.4. The van der Waals surface area contributed by atoms with Gasteiger partial charge in [-0.2, -0.15) is 18.2 Å². The minimum Gasteiger partial charge on any atom is -0.418 e. The smallest absolute Gasteiger partial charge is 0.418 e. The lowest BCUT2D eigenvalue weighted by molar-refractivity contribution is -0.189. The highest BCUT2D eigenvalue weighted by atomic mass is 19.4. The summed E-state index contributed by atoms with van der Waals surface area (Å²) in [6.45, 7) is 6.33. The lowest BCUT2D eigenvalue weighted by atomic mass is 9.95. The van der Waals surface area contributed by atoms with Crippen LogP contribution in [0.2, 0.25) is 0 Å². The van der Waals surface area contributed by atoms with Gasteiger partial charge in [0.2, 0.25) is 5.95 Å². The van der Waals surface area contributed by atoms with Crippen LogP contribution in [0.1, 0.15) is 47.3 Å². The van der Waals surface area contributed by atoms with Gasteiger partial charge in [0.1, 0.15) is 17.3 Å². The van der Waals surface area contributed by atoms with E-state index in [-0.39, 0.29) is 46.7 Å². The third-order valence-corrected chi connectivity index (χ3v) is 8.53. The van der Waals surface area contributed by atoms with Crippen molar-refractivity contribution < 1.29 is 41.1 Å². The summed E-state index contributed by atoms with van der Waals surface area (Å²) in [5.41, 5.74) is -0.142. The molecule has 16 heteroatoms. The molecular weight excluding hydrogens is 689 g/mol. The van der Waals surface area contributed by atoms with Gasteiger partial charge in [0, 0.05) is 42.8 Å². The number of para-hydroxylation sites is 1. The predicted octanol–water partition coefficient (Wildman–Crippen LogP) is 6.38. The number of nitrogens with one attached hydrogen (secondary N) is 3. The molecule has 3 N–H and O–H groups in total. The van der Waals surface area contributed by atoms with Crippen molar-refractivity contribution in [1.29, 1.82) is 0 Å². The van der Waals surface area contributed by atoms with Crippen molar-refractivity contribution >= 4 is 35.4 Å². The number of nitrogens with zero attached hydrogens (tertiary/aromatic N) is 4. The second-order valence-corrected chi connectivity index (χ2v) is 12.8. The number of likely N-dealkylation sites (tertiary alicyclic amines) is 1. The highest BCUT2D eigenvalue weighted by Gasteiger charge is 2.43. The second-order valence-electron chi connectivity index (χ2n) is 12.8. The van der Waals surface area contributed by atoms with E-state index in [2.05, 4.69) is 30.8 Å². The number of amides is 3. The summed E-state index contributed by atoms with van der Waals surface area (Å²) in [6, 6.07) is 13.8. The summed E-state index contributed by atoms with van der Waals surface area (Å²) in [5, 5.41) is 8.33. The average molecular weight is 724 g/mol. The summed E-state index contributed by atoms with van der Waals surface area (Å²) in [6.07, 6.45) is -4.81. The largest absolute Gasteiger partial charge is 0.491 e. The zero-order valence-corrected chi connectivity index (χ0v) is 28.3. The van der Waals surface area contributed by atoms with Crippen LogP contribution < -0.4 is 25.6 Å². The van der Waals surface area contributed by atoms with Crippen molar-refractivity contribution in [2.45, 2.75) is 58.5 Å². The SMILES string of the molecule is Cc1ccc(C(=O)NC(C)C)c(OC(=O)C(F)(F)F)c1-c1nc(N[C@H]2CCN(Cc3ccccc3)C2)nc2c1CNC(=O)N2c1c(F)cccc1F. The molecule has 0 saturated carbocycles. The van der Waals surface area contributed by atoms with Gasteiger partial charge in [-0.15, -0.1) is 0 Å². The van der Waals surface area contributed by atoms with Crippen LogP contribution in [0.5, 0.6) is 5.75 Å². The van der Waals surface area contributed by atoms with E-state index in [9.17, 15) is 27.6 Å². The van der Waals surface area contributed by atoms with Gasteiger partial charge >= 0.3 is 18.2 Å². The maximum atomic E-state index is 15.3. The number of hydrogen-bond acceptors (Lipinski definition) is 8. The van der Waals surface area contributed by atoms with Crippen LogP contribution in [-0.4, -0.2) is 64.1 Å². The van der Waals surface area contributed by atoms with Crippen LogP contribution in [0.25, 0.3) is 11.3 Å². The minimum absolute atomic E-state index is 0.0266. The highest BCUT2D eigenvalue weighted by Crippen LogP contribution is 2.44. The fraction of sp³-hybridized carbons (Fsp3) is 0.306. The molecule has 0 bridgehead atoms. The maximum Gasteiger partial charge on any atom is 0.491 e. The number of hydrogen-bond donors (Lipinski definition) is 3. The van der Waals surface area contributed by atoms with Gasteiger partial charge < -0.3 is 20.7 Å². The molecule has 52 heavy (non-hydrogen) atoms. The summed E-state index contributed by atoms with van der Waals surface area (Å²) in [4.78, 5) is 51.1. The second kappa shape index (κ2) is 14.5. The van der Waals surface area contributed by atoms with Crippen molar-refractivity contribution in [2.24, 2.45) is 0 Å². The topological polar surface area (TPSA) is 129 Å². The van der Waals surface area contributed by atoms with Crippen molar-refractivity contribution in [3.8, 4) is 17.0 Å². The van der Waals surface area contributed by atoms with E-state index in [0.717, 1.165) is 23.8 Å². The van der Waals surface area contributed by atoms with Crippen molar-refractivity contribution in [1.82, 2.24) is 25.5 Å². The van der Waals surface area contributed by atoms with E-state index in [1.165, 1.54) is 19.1 Å². The molecule has 1 aromatic heterocycles. The number of anilines is 3.